The molecule has 3 amide bonds. The van der Waals surface area contributed by atoms with Crippen LogP contribution in [0.5, 0.6) is 0 Å². The molecule has 8 nitrogen and oxygen atoms in total. The van der Waals surface area contributed by atoms with Crippen LogP contribution in [0.4, 0.5) is 4.79 Å². The minimum absolute atomic E-state index is 0.375. The van der Waals surface area contributed by atoms with Crippen LogP contribution in [-0.4, -0.2) is 26.0 Å². The fraction of sp³-hybridized carbons (Fsp3) is 0.714. The number of hydrogen-bond acceptors (Lipinski definition) is 3. The Labute approximate surface area is 107 Å². The third-order valence-electron chi connectivity index (χ3n) is 1.76. The van der Waals surface area contributed by atoms with E-state index in [9.17, 15) is 9.59 Å². The van der Waals surface area contributed by atoms with Gasteiger partial charge in [0.2, 0.25) is 5.91 Å². The molecule has 0 fully saturated rings. The van der Waals surface area contributed by atoms with Crippen LogP contribution in [0.3, 0.4) is 0 Å². The maximum Gasteiger partial charge on any atom is 0.397 e. The van der Waals surface area contributed by atoms with Crippen LogP contribution in [0.25, 0.3) is 0 Å². The highest BCUT2D eigenvalue weighted by atomic mass is 79.9. The minimum atomic E-state index is -4.14. The van der Waals surface area contributed by atoms with Gasteiger partial charge in [0.15, 0.2) is 0 Å². The van der Waals surface area contributed by atoms with Crippen molar-refractivity contribution in [3.63, 3.8) is 0 Å². The number of nitrogens with two attached hydrogens (primary N) is 2. The molecule has 0 radical (unpaired) electrons. The Morgan fingerprint density at radius 2 is 1.65 bits per heavy atom. The summed E-state index contributed by atoms with van der Waals surface area (Å²) in [5, 5.41) is 2.04. The first-order valence-corrected chi connectivity index (χ1v) is 7.07. The quantitative estimate of drug-likeness (QED) is 0.366. The molecule has 0 rings (SSSR count). The van der Waals surface area contributed by atoms with E-state index in [1.165, 1.54) is 0 Å². The molecule has 0 saturated carbocycles. The molecule has 10 heteroatoms. The first kappa shape index (κ1) is 18.9. The van der Waals surface area contributed by atoms with Gasteiger partial charge < -0.3 is 15.5 Å². The third-order valence-corrected chi connectivity index (χ3v) is 3.25. The molecule has 0 aromatic rings. The fourth-order valence-electron chi connectivity index (χ4n) is 0.795. The second-order valence-electron chi connectivity index (χ2n) is 3.08. The van der Waals surface area contributed by atoms with E-state index >= 15 is 0 Å². The second kappa shape index (κ2) is 7.78. The highest BCUT2D eigenvalue weighted by molar-refractivity contribution is 9.10. The number of urea groups is 1. The lowest BCUT2D eigenvalue weighted by atomic mass is 10.0. The van der Waals surface area contributed by atoms with Crippen LogP contribution >= 0.6 is 23.7 Å². The van der Waals surface area contributed by atoms with Crippen molar-refractivity contribution in [1.82, 2.24) is 5.32 Å². The molecule has 0 spiro atoms. The van der Waals surface area contributed by atoms with Crippen molar-refractivity contribution >= 4 is 35.6 Å². The van der Waals surface area contributed by atoms with Crippen LogP contribution in [0.2, 0.25) is 0 Å². The van der Waals surface area contributed by atoms with Crippen LogP contribution in [-0.2, 0) is 9.36 Å². The highest BCUT2D eigenvalue weighted by Gasteiger charge is 2.32. The number of imide groups is 1. The van der Waals surface area contributed by atoms with E-state index in [4.69, 9.17) is 20.1 Å². The van der Waals surface area contributed by atoms with Gasteiger partial charge in [0, 0.05) is 0 Å². The number of hydrogen-bond donors (Lipinski definition) is 5. The largest absolute Gasteiger partial charge is 0.397 e. The maximum absolute atomic E-state index is 11.3. The molecule has 0 atom stereocenters. The monoisotopic (exact) mass is 333 g/mol. The zero-order valence-electron chi connectivity index (χ0n) is 9.51. The second-order valence-corrected chi connectivity index (χ2v) is 5.78. The maximum atomic E-state index is 11.3. The van der Waals surface area contributed by atoms with Crippen LogP contribution in [0, 0.1) is 0 Å². The normalized spacial score (nSPS) is 11.2. The number of carbonyl (C=O) groups excluding carboxylic acids is 2. The van der Waals surface area contributed by atoms with E-state index < -0.39 is 18.1 Å². The molecular weight excluding hydrogens is 317 g/mol. The van der Waals surface area contributed by atoms with Crippen LogP contribution in [0.1, 0.15) is 26.7 Å². The molecule has 102 valence electrons. The summed E-state index contributed by atoms with van der Waals surface area (Å²) < 4.78 is 8.44. The number of halogens is 1. The Balaban J connectivity index is 0. The number of nitrogens with one attached hydrogen (secondary N) is 1. The Hall–Kier alpha value is -0.470. The lowest BCUT2D eigenvalue weighted by molar-refractivity contribution is -0.122. The molecule has 0 saturated heterocycles. The number of carbonyl (C=O) groups is 2. The topological polar surface area (TPSA) is 156 Å². The van der Waals surface area contributed by atoms with Gasteiger partial charge in [-0.05, 0) is 12.8 Å². The van der Waals surface area contributed by atoms with Gasteiger partial charge in [-0.25, -0.2) is 14.9 Å². The summed E-state index contributed by atoms with van der Waals surface area (Å²) in [7, 11) is -4.14. The minimum Gasteiger partial charge on any atom is -0.351 e. The van der Waals surface area contributed by atoms with Gasteiger partial charge in [0.05, 0.1) is 0 Å². The van der Waals surface area contributed by atoms with Crippen molar-refractivity contribution in [3.05, 3.63) is 0 Å². The molecule has 0 heterocycles. The van der Waals surface area contributed by atoms with Crippen molar-refractivity contribution in [2.45, 2.75) is 31.0 Å². The van der Waals surface area contributed by atoms with Gasteiger partial charge in [0.1, 0.15) is 4.32 Å². The van der Waals surface area contributed by atoms with Crippen LogP contribution in [0.15, 0.2) is 0 Å². The predicted octanol–water partition coefficient (Wildman–Crippen LogP) is 0.173. The molecule has 0 aliphatic rings. The van der Waals surface area contributed by atoms with Crippen molar-refractivity contribution in [3.8, 4) is 0 Å². The number of amides is 3. The van der Waals surface area contributed by atoms with Crippen molar-refractivity contribution in [2.24, 2.45) is 11.2 Å². The number of primary amides is 1. The average Bonchev–Trinajstić information content (AvgIpc) is 2.12. The predicted molar refractivity (Wildman–Crippen MR) is 66.2 cm³/mol. The van der Waals surface area contributed by atoms with Gasteiger partial charge in [-0.3, -0.25) is 10.1 Å². The van der Waals surface area contributed by atoms with Crippen molar-refractivity contribution < 1.29 is 23.9 Å². The Morgan fingerprint density at radius 1 is 1.35 bits per heavy atom. The van der Waals surface area contributed by atoms with E-state index in [1.807, 2.05) is 19.2 Å². The standard InChI is InChI=1S/C7H13BrN2O2.H4NO3P/c1-3-7(8,4-2)5(11)10-6(9)12;1-5(2,3)4/h3-4H2,1-2H3,(H3,9,10,11,12);(H4,1,2,3,4). The molecule has 0 aliphatic carbocycles. The van der Waals surface area contributed by atoms with E-state index in [0.717, 1.165) is 0 Å². The smallest absolute Gasteiger partial charge is 0.351 e. The number of rotatable bonds is 3. The average molecular weight is 334 g/mol. The van der Waals surface area contributed by atoms with E-state index in [1.54, 1.807) is 0 Å². The van der Waals surface area contributed by atoms with Gasteiger partial charge in [-0.2, -0.15) is 0 Å². The van der Waals surface area contributed by atoms with Crippen molar-refractivity contribution in [2.75, 3.05) is 0 Å². The lowest BCUT2D eigenvalue weighted by Crippen LogP contribution is -2.46. The van der Waals surface area contributed by atoms with E-state index in [-0.39, 0.29) is 5.91 Å². The van der Waals surface area contributed by atoms with Crippen molar-refractivity contribution in [1.29, 1.82) is 0 Å². The van der Waals surface area contributed by atoms with Gasteiger partial charge in [-0.1, -0.05) is 29.8 Å². The fourth-order valence-corrected chi connectivity index (χ4v) is 0.894. The van der Waals surface area contributed by atoms with Gasteiger partial charge in [0.25, 0.3) is 0 Å². The third kappa shape index (κ3) is 11.8. The summed E-state index contributed by atoms with van der Waals surface area (Å²) in [6, 6.07) is -0.814. The lowest BCUT2D eigenvalue weighted by Gasteiger charge is -2.21. The Bertz CT molecular complexity index is 306. The Morgan fingerprint density at radius 3 is 1.82 bits per heavy atom. The zero-order chi connectivity index (χ0) is 14.3. The first-order valence-electron chi connectivity index (χ1n) is 4.60. The van der Waals surface area contributed by atoms with Gasteiger partial charge >= 0.3 is 13.8 Å². The SMILES string of the molecule is CCC(Br)(CC)C(=O)NC(N)=O.NP(=O)(O)O. The Kier molecular flexibility index (Phi) is 8.64. The molecule has 17 heavy (non-hydrogen) atoms. The summed E-state index contributed by atoms with van der Waals surface area (Å²) in [6.07, 6.45) is 1.23. The molecule has 0 bridgehead atoms. The summed E-state index contributed by atoms with van der Waals surface area (Å²) in [5.41, 5.74) is 8.83. The molecule has 7 N–H and O–H groups in total. The molecule has 0 aromatic carbocycles. The summed E-state index contributed by atoms with van der Waals surface area (Å²) in [5.74, 6) is -0.375. The molecule has 0 aromatic heterocycles. The van der Waals surface area contributed by atoms with E-state index in [0.29, 0.717) is 12.8 Å². The van der Waals surface area contributed by atoms with Gasteiger partial charge in [-0.15, -0.1) is 0 Å². The van der Waals surface area contributed by atoms with E-state index in [2.05, 4.69) is 21.4 Å². The molecule has 0 unspecified atom stereocenters. The summed E-state index contributed by atoms with van der Waals surface area (Å²) >= 11 is 3.26. The number of alkyl halides is 1. The molecular formula is C7H17BrN3O5P. The first-order chi connectivity index (χ1) is 7.46. The van der Waals surface area contributed by atoms with Crippen LogP contribution < -0.4 is 16.6 Å². The zero-order valence-corrected chi connectivity index (χ0v) is 12.0. The molecule has 0 aliphatic heterocycles. The highest BCUT2D eigenvalue weighted by Crippen LogP contribution is 2.26. The summed E-state index contributed by atoms with van der Waals surface area (Å²) in [6.45, 7) is 3.72. The summed E-state index contributed by atoms with van der Waals surface area (Å²) in [4.78, 5) is 36.5.